The molecule has 0 saturated carbocycles. The van der Waals surface area contributed by atoms with Crippen molar-refractivity contribution in [1.82, 2.24) is 31.5 Å². The van der Waals surface area contributed by atoms with Crippen LogP contribution in [-0.4, -0.2) is 182 Å². The second-order valence-corrected chi connectivity index (χ2v) is 25.2. The molecule has 9 N–H and O–H groups in total. The summed E-state index contributed by atoms with van der Waals surface area (Å²) in [5, 5.41) is 28.6. The fourth-order valence-corrected chi connectivity index (χ4v) is 12.6. The largest absolute Gasteiger partial charge is 0.495 e. The van der Waals surface area contributed by atoms with Gasteiger partial charge in [-0.3, -0.25) is 29.8 Å². The molecule has 0 spiro atoms. The Balaban J connectivity index is 1.39. The number of aldehydes is 2. The molecule has 4 bridgehead atoms. The highest BCUT2D eigenvalue weighted by atomic mass is 79.9. The molecule has 7 amide bonds. The number of fused-ring (bicyclic) bond motifs is 5. The number of primary amides is 1. The van der Waals surface area contributed by atoms with Crippen LogP contribution < -0.4 is 47.3 Å². The van der Waals surface area contributed by atoms with Crippen molar-refractivity contribution in [3.8, 4) is 5.75 Å². The number of allylic oxidation sites excluding steroid dienone is 3. The molecular weight excluding hydrogens is 1350 g/mol. The number of likely N-dealkylation sites (N-methyl/N-ethyl adjacent to an activating group) is 1. The molecule has 3 aliphatic heterocycles. The van der Waals surface area contributed by atoms with E-state index >= 15 is 13.2 Å². The molecule has 2 aromatic rings. The first-order valence-corrected chi connectivity index (χ1v) is 32.1. The number of nitrogens with one attached hydrogen (secondary N) is 6. The standard InChI is InChI=1S/C61H83Br2ClF3N9O15/c1-33(2)50(71-39(29-77)16-11-12-22-70-59(30-62,31-63)32-78)53(81)73-42(17-14-21-69-56(68)84)52(80)72-41-20-19-38(26-40(41)61(65,66)67)54(82)75(7)36(5)55(83)90-47-27-48(79)76(8)43-24-37(25-44(87-9)49(43)64)23-34(3)15-13-18-46(88-10)60(86)28-45(89-57(85)74-60)35(4)51-58(47,6)91-51/h13,15,18-20,24-26,29,32-33,35-36,39,42,45-47,50-51,70-71,86H,11-12,14,16-17,21-23,27-28,30-31H2,1-10H3,(H,72,80)(H,73,81)(H,74,85)(H3,68,69,84)/b18-13+,34-15+/t35-,36+,39?,42+,45+,46-,47+,50+,51+,58+,60+/m1/s1. The van der Waals surface area contributed by atoms with Crippen molar-refractivity contribution < 1.29 is 85.1 Å². The first-order chi connectivity index (χ1) is 42.7. The third-order valence-electron chi connectivity index (χ3n) is 16.5. The lowest BCUT2D eigenvalue weighted by molar-refractivity contribution is -0.158. The van der Waals surface area contributed by atoms with E-state index in [1.54, 1.807) is 58.1 Å². The molecule has 504 valence electrons. The van der Waals surface area contributed by atoms with Crippen molar-refractivity contribution in [3.05, 3.63) is 75.8 Å². The second kappa shape index (κ2) is 33.1. The number of methoxy groups -OCH3 is 2. The number of hydrogen-bond acceptors (Lipinski definition) is 17. The molecule has 2 saturated heterocycles. The van der Waals surface area contributed by atoms with Gasteiger partial charge in [0.1, 0.15) is 59.3 Å². The number of alkyl halides is 5. The summed E-state index contributed by atoms with van der Waals surface area (Å²) >= 11 is 13.5. The Morgan fingerprint density at radius 3 is 2.32 bits per heavy atom. The van der Waals surface area contributed by atoms with Gasteiger partial charge >= 0.3 is 24.3 Å². The average molecular weight is 1430 g/mol. The topological polar surface area (TPSA) is 328 Å². The molecule has 0 radical (unpaired) electrons. The molecule has 3 heterocycles. The fraction of sp³-hybridized carbons (Fsp3) is 0.590. The van der Waals surface area contributed by atoms with E-state index in [4.69, 9.17) is 41.0 Å². The number of carbonyl (C=O) groups excluding carboxylic acids is 9. The second-order valence-electron chi connectivity index (χ2n) is 23.7. The number of esters is 1. The van der Waals surface area contributed by atoms with Crippen molar-refractivity contribution in [2.75, 3.05) is 62.3 Å². The van der Waals surface area contributed by atoms with E-state index in [1.807, 2.05) is 6.92 Å². The zero-order chi connectivity index (χ0) is 67.9. The Kier molecular flexibility index (Phi) is 27.4. The lowest BCUT2D eigenvalue weighted by Crippen LogP contribution is -2.63. The van der Waals surface area contributed by atoms with Crippen LogP contribution in [0.15, 0.2) is 54.1 Å². The number of aliphatic hydroxyl groups is 1. The number of ether oxygens (including phenoxy) is 5. The lowest BCUT2D eigenvalue weighted by atomic mass is 9.83. The Labute approximate surface area is 548 Å². The van der Waals surface area contributed by atoms with Gasteiger partial charge in [0.05, 0.1) is 54.2 Å². The Morgan fingerprint density at radius 2 is 1.71 bits per heavy atom. The highest BCUT2D eigenvalue weighted by molar-refractivity contribution is 9.10. The molecular formula is C61H83Br2ClF3N9O15. The number of anilines is 2. The van der Waals surface area contributed by atoms with Gasteiger partial charge in [-0.2, -0.15) is 13.2 Å². The number of nitrogens with two attached hydrogens (primary N) is 1. The number of benzene rings is 2. The van der Waals surface area contributed by atoms with Crippen molar-refractivity contribution in [1.29, 1.82) is 0 Å². The summed E-state index contributed by atoms with van der Waals surface area (Å²) in [6.07, 6.45) is -3.43. The monoisotopic (exact) mass is 1430 g/mol. The summed E-state index contributed by atoms with van der Waals surface area (Å²) in [7, 11) is 5.37. The quantitative estimate of drug-likeness (QED) is 0.0158. The average Bonchev–Trinajstić information content (AvgIpc) is 1.59. The van der Waals surface area contributed by atoms with E-state index in [0.29, 0.717) is 60.8 Å². The van der Waals surface area contributed by atoms with E-state index < -0.39 is 148 Å². The summed E-state index contributed by atoms with van der Waals surface area (Å²) in [6, 6.07) is -0.181. The van der Waals surface area contributed by atoms with Gasteiger partial charge in [-0.05, 0) is 101 Å². The van der Waals surface area contributed by atoms with Crippen LogP contribution in [-0.2, 0) is 60.3 Å². The number of hydrogen-bond donors (Lipinski definition) is 8. The van der Waals surface area contributed by atoms with Crippen molar-refractivity contribution in [3.63, 3.8) is 0 Å². The number of unbranched alkanes of at least 4 members (excludes halogenated alkanes) is 1. The summed E-state index contributed by atoms with van der Waals surface area (Å²) in [5.74, 6) is -5.67. The molecule has 1 unspecified atom stereocenters. The maximum atomic E-state index is 15.1. The minimum absolute atomic E-state index is 0.0135. The van der Waals surface area contributed by atoms with Crippen molar-refractivity contribution >= 4 is 109 Å². The fourth-order valence-electron chi connectivity index (χ4n) is 10.7. The van der Waals surface area contributed by atoms with Gasteiger partial charge < -0.3 is 75.2 Å². The molecule has 91 heavy (non-hydrogen) atoms. The third kappa shape index (κ3) is 19.7. The van der Waals surface area contributed by atoms with Crippen molar-refractivity contribution in [2.45, 2.75) is 165 Å². The Bertz CT molecular complexity index is 3030. The van der Waals surface area contributed by atoms with Crippen LogP contribution in [0, 0.1) is 11.8 Å². The van der Waals surface area contributed by atoms with Crippen LogP contribution in [0.25, 0.3) is 0 Å². The Hall–Kier alpha value is -6.21. The molecule has 11 atom stereocenters. The first kappa shape index (κ1) is 75.5. The van der Waals surface area contributed by atoms with Gasteiger partial charge in [0, 0.05) is 56.3 Å². The van der Waals surface area contributed by atoms with Gasteiger partial charge in [0.25, 0.3) is 5.91 Å². The third-order valence-corrected chi connectivity index (χ3v) is 18.9. The van der Waals surface area contributed by atoms with Gasteiger partial charge in [-0.25, -0.2) is 14.4 Å². The van der Waals surface area contributed by atoms with Crippen LogP contribution in [0.2, 0.25) is 5.02 Å². The maximum absolute atomic E-state index is 15.1. The summed E-state index contributed by atoms with van der Waals surface area (Å²) in [6.45, 7) is 10.1. The van der Waals surface area contributed by atoms with E-state index in [0.717, 1.165) is 35.9 Å². The van der Waals surface area contributed by atoms with Crippen molar-refractivity contribution in [2.24, 2.45) is 17.6 Å². The number of alkyl carbamates (subject to hydrolysis) is 1. The van der Waals surface area contributed by atoms with E-state index in [-0.39, 0.29) is 42.3 Å². The number of epoxide rings is 1. The minimum Gasteiger partial charge on any atom is -0.495 e. The zero-order valence-electron chi connectivity index (χ0n) is 52.4. The predicted molar refractivity (Wildman–Crippen MR) is 339 cm³/mol. The molecule has 3 aliphatic rings. The van der Waals surface area contributed by atoms with Crippen LogP contribution in [0.1, 0.15) is 108 Å². The summed E-state index contributed by atoms with van der Waals surface area (Å²) in [4.78, 5) is 122. The highest BCUT2D eigenvalue weighted by Gasteiger charge is 2.64. The molecule has 5 rings (SSSR count). The molecule has 0 aliphatic carbocycles. The van der Waals surface area contributed by atoms with E-state index in [2.05, 4.69) is 63.8 Å². The normalized spacial score (nSPS) is 24.3. The predicted octanol–water partition coefficient (Wildman–Crippen LogP) is 6.39. The molecule has 24 nitrogen and oxygen atoms in total. The van der Waals surface area contributed by atoms with Gasteiger partial charge in [-0.15, -0.1) is 0 Å². The Morgan fingerprint density at radius 1 is 1.02 bits per heavy atom. The van der Waals surface area contributed by atoms with Gasteiger partial charge in [0.15, 0.2) is 5.72 Å². The number of carbonyl (C=O) groups is 9. The van der Waals surface area contributed by atoms with E-state index in [9.17, 15) is 48.3 Å². The van der Waals surface area contributed by atoms with Crippen LogP contribution in [0.5, 0.6) is 5.75 Å². The van der Waals surface area contributed by atoms with Crippen LogP contribution in [0.4, 0.5) is 34.1 Å². The first-order valence-electron chi connectivity index (χ1n) is 29.5. The summed E-state index contributed by atoms with van der Waals surface area (Å²) < 4.78 is 74.6. The molecule has 0 aromatic heterocycles. The molecule has 30 heteroatoms. The van der Waals surface area contributed by atoms with E-state index in [1.165, 1.54) is 33.1 Å². The minimum atomic E-state index is -5.21. The van der Waals surface area contributed by atoms with Gasteiger partial charge in [0.2, 0.25) is 17.7 Å². The maximum Gasteiger partial charge on any atom is 0.418 e. The smallest absolute Gasteiger partial charge is 0.418 e. The highest BCUT2D eigenvalue weighted by Crippen LogP contribution is 2.49. The van der Waals surface area contributed by atoms with Crippen LogP contribution in [0.3, 0.4) is 0 Å². The number of halogens is 6. The molecule has 2 aromatic carbocycles. The zero-order valence-corrected chi connectivity index (χ0v) is 56.4. The number of nitrogens with zero attached hydrogens (tertiary/aromatic N) is 2. The van der Waals surface area contributed by atoms with Gasteiger partial charge in [-0.1, -0.05) is 94.5 Å². The number of rotatable bonds is 27. The SMILES string of the molecule is COc1cc2cc(c1Cl)N(C)C(=O)C[C@H](OC(=O)[C@H](C)N(C)C(=O)c1ccc(NC(=O)[C@H](CCCNC(N)=O)NC(=O)[C@@H](NC(C=O)CCCCNC(C=O)(CBr)CBr)C(C)C)c(C(F)(F)F)c1)[C@]1(C)O[C@H]1[C@H](C)[C@@H]1C[C@@](O)(NC(=O)O1)[C@H](OC)/C=C/C=C(\C)C2. The summed E-state index contributed by atoms with van der Waals surface area (Å²) in [5.41, 5.74) is -0.201. The lowest BCUT2D eigenvalue weighted by Gasteiger charge is -2.42. The van der Waals surface area contributed by atoms with Crippen LogP contribution >= 0.6 is 43.5 Å². The number of amides is 7. The molecule has 2 fully saturated rings. The number of urea groups is 1.